The van der Waals surface area contributed by atoms with Gasteiger partial charge in [0.25, 0.3) is 21.1 Å². The Labute approximate surface area is 556 Å². The summed E-state index contributed by atoms with van der Waals surface area (Å²) in [6, 6.07) is 42.2. The van der Waals surface area contributed by atoms with E-state index in [2.05, 4.69) is 71.0 Å². The fourth-order valence-corrected chi connectivity index (χ4v) is 11.6. The number of aromatic amines is 2. The Balaban J connectivity index is 0.000000136. The first kappa shape index (κ1) is 64.6. The monoisotopic (exact) mass is 1360 g/mol. The van der Waals surface area contributed by atoms with Crippen molar-refractivity contribution in [3.05, 3.63) is 268 Å². The van der Waals surface area contributed by atoms with Crippen molar-refractivity contribution in [3.8, 4) is 68.7 Å². The number of H-pyrrole nitrogens is 2. The molecule has 99 heavy (non-hydrogen) atoms. The topological polar surface area (TPSA) is 354 Å². The molecule has 27 nitrogen and oxygen atoms in total. The number of anilines is 3. The second kappa shape index (κ2) is 27.7. The molecule has 4 aromatic carbocycles. The van der Waals surface area contributed by atoms with Gasteiger partial charge in [-0.1, -0.05) is 100 Å². The van der Waals surface area contributed by atoms with E-state index in [9.17, 15) is 40.4 Å². The molecule has 32 heteroatoms. The number of nitrogens with two attached hydrogens (primary N) is 1. The highest BCUT2D eigenvalue weighted by atomic mass is 32.2. The van der Waals surface area contributed by atoms with Crippen LogP contribution in [0.15, 0.2) is 229 Å². The molecule has 0 saturated heterocycles. The highest BCUT2D eigenvalue weighted by Gasteiger charge is 2.51. The zero-order valence-electron chi connectivity index (χ0n) is 51.6. The minimum Gasteiger partial charge on any atom is -0.382 e. The lowest BCUT2D eigenvalue weighted by atomic mass is 9.95. The number of halogens is 4. The van der Waals surface area contributed by atoms with E-state index in [1.54, 1.807) is 108 Å². The number of hydrogen-bond donors (Lipinski definition) is 4. The molecule has 0 atom stereocenters. The van der Waals surface area contributed by atoms with Crippen LogP contribution in [0.5, 0.6) is 0 Å². The summed E-state index contributed by atoms with van der Waals surface area (Å²) in [5.74, 6) is -1.85. The van der Waals surface area contributed by atoms with Crippen LogP contribution in [0.25, 0.3) is 68.7 Å². The molecule has 1 saturated carbocycles. The van der Waals surface area contributed by atoms with Gasteiger partial charge >= 0.3 is 0 Å². The summed E-state index contributed by atoms with van der Waals surface area (Å²) in [6.07, 6.45) is 11.6. The lowest BCUT2D eigenvalue weighted by molar-refractivity contribution is -0.118. The Morgan fingerprint density at radius 1 is 0.566 bits per heavy atom. The van der Waals surface area contributed by atoms with Crippen LogP contribution in [0.1, 0.15) is 35.1 Å². The maximum absolute atomic E-state index is 14.3. The smallest absolute Gasteiger partial charge is 0.287 e. The molecule has 1 amide bonds. The lowest BCUT2D eigenvalue weighted by Crippen LogP contribution is -2.31. The first-order valence-electron chi connectivity index (χ1n) is 29.9. The van der Waals surface area contributed by atoms with Gasteiger partial charge in [-0.3, -0.25) is 37.7 Å². The number of nitrogens with zero attached hydrogens (tertiary/aromatic N) is 15. The number of carbonyl (C=O) groups excluding carboxylic acids is 1. The summed E-state index contributed by atoms with van der Waals surface area (Å²) < 4.78 is 102. The Bertz CT molecular complexity index is 5440. The van der Waals surface area contributed by atoms with E-state index in [-0.39, 0.29) is 66.0 Å². The van der Waals surface area contributed by atoms with Gasteiger partial charge in [0.15, 0.2) is 28.2 Å². The SMILES string of the molecule is CN(c1ccccc1)S(=O)(=O)c1cnc(-c2cc(-c3ccon3)n(Cc3ccccc3F)n2)[nH]c1=O.Nc1nc(-c2cc(-c3ccon3)n(Cc3ccccc3F)n2)ncc1NC(=O)C1(c2ccccc2)CC1.O=c1[nH]c(-c2cc(-c3ccon3)n(Cc3ccncc3F)n2)ncc1F. The quantitative estimate of drug-likeness (QED) is 0.0580. The van der Waals surface area contributed by atoms with Crippen LogP contribution >= 0.6 is 0 Å². The number of nitrogens with one attached hydrogen (secondary N) is 3. The maximum Gasteiger partial charge on any atom is 0.287 e. The van der Waals surface area contributed by atoms with Gasteiger partial charge in [-0.25, -0.2) is 41.5 Å². The lowest BCUT2D eigenvalue weighted by Gasteiger charge is -2.18. The van der Waals surface area contributed by atoms with Crippen molar-refractivity contribution < 1.29 is 44.3 Å². The number of nitrogen functional groups attached to an aromatic ring is 1. The van der Waals surface area contributed by atoms with Crippen molar-refractivity contribution in [1.82, 2.24) is 79.7 Å². The van der Waals surface area contributed by atoms with Gasteiger partial charge in [-0.05, 0) is 66.9 Å². The van der Waals surface area contributed by atoms with E-state index in [0.717, 1.165) is 41.3 Å². The minimum atomic E-state index is -4.17. The number of pyridine rings is 1. The highest BCUT2D eigenvalue weighted by Crippen LogP contribution is 2.49. The molecule has 1 aliphatic rings. The van der Waals surface area contributed by atoms with Crippen LogP contribution in [-0.2, 0) is 39.9 Å². The molecule has 496 valence electrons. The van der Waals surface area contributed by atoms with Crippen LogP contribution in [-0.4, -0.2) is 101 Å². The fourth-order valence-electron chi connectivity index (χ4n) is 10.4. The molecule has 14 aromatic rings. The van der Waals surface area contributed by atoms with E-state index < -0.39 is 48.9 Å². The van der Waals surface area contributed by atoms with Gasteiger partial charge in [-0.2, -0.15) is 19.7 Å². The molecule has 1 aliphatic carbocycles. The van der Waals surface area contributed by atoms with Crippen molar-refractivity contribution in [2.75, 3.05) is 22.4 Å². The molecule has 1 fully saturated rings. The van der Waals surface area contributed by atoms with E-state index in [1.165, 1.54) is 65.8 Å². The minimum absolute atomic E-state index is 0.0401. The van der Waals surface area contributed by atoms with Gasteiger partial charge in [0, 0.05) is 48.1 Å². The van der Waals surface area contributed by atoms with Gasteiger partial charge in [0.2, 0.25) is 11.7 Å². The molecule has 0 aliphatic heterocycles. The average Bonchev–Trinajstić information content (AvgIpc) is 1.64. The molecule has 0 unspecified atom stereocenters. The zero-order chi connectivity index (χ0) is 68.8. The van der Waals surface area contributed by atoms with Crippen LogP contribution in [0.4, 0.5) is 34.8 Å². The average molecular weight is 1360 g/mol. The third kappa shape index (κ3) is 13.9. The van der Waals surface area contributed by atoms with Crippen LogP contribution in [0.3, 0.4) is 0 Å². The number of rotatable bonds is 18. The Morgan fingerprint density at radius 3 is 1.54 bits per heavy atom. The Hall–Kier alpha value is -13.1. The van der Waals surface area contributed by atoms with Gasteiger partial charge < -0.3 is 34.6 Å². The standard InChI is InChI=1S/C27H22FN7O2.C24H19FN6O4S.C16H10F2N6O2/c28-19-9-5-4-6-17(19)16-35-23(20-10-13-37-34-20)14-21(33-35)25-30-15-22(24(29)32-25)31-26(36)27(11-12-27)18-7-2-1-3-8-18;1-30(17-8-3-2-4-9-17)36(33,34)22-14-26-23(27-24(22)32)20-13-21(19-11-12-35-29-19)31(28-20)15-16-7-5-6-10-18(16)25;17-10-6-19-3-1-9(10)8-24-14(12-2-4-26-23-12)5-13(22-24)15-20-7-11(18)16(25)21-15/h1-10,13-15H,11-12,16H2,(H,31,36)(H2,29,30,32);2-14H,15H2,1H3,(H,26,27,32);1-7H,8H2,(H,20,21,25). The summed E-state index contributed by atoms with van der Waals surface area (Å²) in [7, 11) is -2.81. The van der Waals surface area contributed by atoms with Gasteiger partial charge in [0.05, 0.1) is 72.6 Å². The predicted octanol–water partition coefficient (Wildman–Crippen LogP) is 9.75. The molecular weight excluding hydrogens is 1310 g/mol. The van der Waals surface area contributed by atoms with E-state index in [0.29, 0.717) is 67.9 Å². The summed E-state index contributed by atoms with van der Waals surface area (Å²) in [5, 5.41) is 28.1. The van der Waals surface area contributed by atoms with Crippen molar-refractivity contribution in [3.63, 3.8) is 0 Å². The number of hydrogen-bond acceptors (Lipinski definition) is 20. The van der Waals surface area contributed by atoms with Crippen molar-refractivity contribution in [2.45, 2.75) is 42.8 Å². The van der Waals surface area contributed by atoms with Crippen molar-refractivity contribution in [2.24, 2.45) is 0 Å². The predicted molar refractivity (Wildman–Crippen MR) is 349 cm³/mol. The third-order valence-corrected chi connectivity index (χ3v) is 17.5. The zero-order valence-corrected chi connectivity index (χ0v) is 52.4. The van der Waals surface area contributed by atoms with Crippen LogP contribution in [0.2, 0.25) is 0 Å². The third-order valence-electron chi connectivity index (χ3n) is 15.7. The molecular formula is C67H51F4N19O8S. The normalized spacial score (nSPS) is 12.3. The number of sulfonamides is 1. The number of benzene rings is 4. The van der Waals surface area contributed by atoms with Crippen molar-refractivity contribution >= 4 is 33.1 Å². The molecule has 10 aromatic heterocycles. The summed E-state index contributed by atoms with van der Waals surface area (Å²) in [4.78, 5) is 62.2. The summed E-state index contributed by atoms with van der Waals surface area (Å²) in [6.45, 7) is 0.329. The number of aromatic nitrogens is 16. The molecule has 10 heterocycles. The van der Waals surface area contributed by atoms with Gasteiger partial charge in [-0.15, -0.1) is 0 Å². The van der Waals surface area contributed by atoms with E-state index >= 15 is 0 Å². The van der Waals surface area contributed by atoms with Crippen LogP contribution < -0.4 is 26.5 Å². The number of carbonyl (C=O) groups is 1. The highest BCUT2D eigenvalue weighted by molar-refractivity contribution is 7.92. The Morgan fingerprint density at radius 2 is 1.05 bits per heavy atom. The molecule has 0 spiro atoms. The van der Waals surface area contributed by atoms with Crippen molar-refractivity contribution in [1.29, 1.82) is 0 Å². The summed E-state index contributed by atoms with van der Waals surface area (Å²) >= 11 is 0. The molecule has 0 radical (unpaired) electrons. The Kier molecular flexibility index (Phi) is 18.1. The van der Waals surface area contributed by atoms with E-state index in [4.69, 9.17) is 19.3 Å². The number of para-hydroxylation sites is 1. The maximum atomic E-state index is 14.3. The first-order chi connectivity index (χ1) is 48.0. The first-order valence-corrected chi connectivity index (χ1v) is 31.3. The second-order valence-corrected chi connectivity index (χ2v) is 24.0. The van der Waals surface area contributed by atoms with Crippen LogP contribution in [0, 0.1) is 23.3 Å². The number of amides is 1. The largest absolute Gasteiger partial charge is 0.382 e. The molecule has 5 N–H and O–H groups in total. The van der Waals surface area contributed by atoms with Gasteiger partial charge in [0.1, 0.15) is 76.1 Å². The summed E-state index contributed by atoms with van der Waals surface area (Å²) in [5.41, 5.74) is 10.8. The second-order valence-electron chi connectivity index (χ2n) is 22.1. The molecule has 15 rings (SSSR count). The fraction of sp³-hybridized carbons (Fsp3) is 0.104. The molecule has 0 bridgehead atoms. The van der Waals surface area contributed by atoms with E-state index in [1.807, 2.05) is 30.3 Å².